The van der Waals surface area contributed by atoms with Crippen LogP contribution in [-0.2, 0) is 5.88 Å². The number of ether oxygens (including phenoxy) is 1. The Kier molecular flexibility index (Phi) is 7.11. The normalized spacial score (nSPS) is 12.4. The van der Waals surface area contributed by atoms with Gasteiger partial charge >= 0.3 is 0 Å². The van der Waals surface area contributed by atoms with E-state index in [1.54, 1.807) is 0 Å². The Bertz CT molecular complexity index is 354. The predicted molar refractivity (Wildman–Crippen MR) is 74.8 cm³/mol. The van der Waals surface area contributed by atoms with E-state index in [2.05, 4.69) is 13.8 Å². The molecule has 0 saturated carbocycles. The van der Waals surface area contributed by atoms with Gasteiger partial charge in [0.05, 0.1) is 6.61 Å². The number of halogens is 2. The number of alkyl halides is 1. The Morgan fingerprint density at radius 2 is 2.06 bits per heavy atom. The monoisotopic (exact) mass is 272 g/mol. The van der Waals surface area contributed by atoms with Crippen LogP contribution in [0.3, 0.4) is 0 Å². The molecular formula is C15H22ClFO. The molecule has 1 aromatic rings. The standard InChI is InChI=1S/C15H22ClFO/c1-3-5-6-12(4-2)11-18-15-8-13(10-16)7-14(17)9-15/h7-9,12H,3-6,10-11H2,1-2H3. The molecule has 0 spiro atoms. The van der Waals surface area contributed by atoms with Gasteiger partial charge in [-0.3, -0.25) is 0 Å². The van der Waals surface area contributed by atoms with Gasteiger partial charge in [-0.05, 0) is 30.0 Å². The number of rotatable bonds is 8. The summed E-state index contributed by atoms with van der Waals surface area (Å²) in [6, 6.07) is 4.67. The first-order chi connectivity index (χ1) is 8.69. The molecule has 0 bridgehead atoms. The average molecular weight is 273 g/mol. The van der Waals surface area contributed by atoms with E-state index in [1.807, 2.05) is 6.07 Å². The van der Waals surface area contributed by atoms with Crippen molar-refractivity contribution in [1.29, 1.82) is 0 Å². The first kappa shape index (κ1) is 15.3. The summed E-state index contributed by atoms with van der Waals surface area (Å²) in [6.07, 6.45) is 4.69. The zero-order valence-corrected chi connectivity index (χ0v) is 12.0. The van der Waals surface area contributed by atoms with Crippen molar-refractivity contribution in [3.05, 3.63) is 29.6 Å². The third-order valence-electron chi connectivity index (χ3n) is 3.11. The second-order valence-electron chi connectivity index (χ2n) is 4.66. The third kappa shape index (κ3) is 5.26. The summed E-state index contributed by atoms with van der Waals surface area (Å²) < 4.78 is 19.0. The van der Waals surface area contributed by atoms with Gasteiger partial charge in [0, 0.05) is 11.9 Å². The van der Waals surface area contributed by atoms with Crippen LogP contribution in [0.5, 0.6) is 5.75 Å². The van der Waals surface area contributed by atoms with E-state index in [0.29, 0.717) is 24.2 Å². The Morgan fingerprint density at radius 3 is 2.67 bits per heavy atom. The van der Waals surface area contributed by atoms with E-state index in [4.69, 9.17) is 16.3 Å². The van der Waals surface area contributed by atoms with Crippen LogP contribution >= 0.6 is 11.6 Å². The van der Waals surface area contributed by atoms with Crippen molar-refractivity contribution in [2.75, 3.05) is 6.61 Å². The van der Waals surface area contributed by atoms with Gasteiger partial charge in [-0.1, -0.05) is 33.1 Å². The highest BCUT2D eigenvalue weighted by molar-refractivity contribution is 6.17. The summed E-state index contributed by atoms with van der Waals surface area (Å²) in [4.78, 5) is 0. The summed E-state index contributed by atoms with van der Waals surface area (Å²) in [6.45, 7) is 5.01. The molecule has 1 rings (SSSR count). The molecule has 0 aliphatic rings. The van der Waals surface area contributed by atoms with Crippen LogP contribution in [0.4, 0.5) is 4.39 Å². The summed E-state index contributed by atoms with van der Waals surface area (Å²) in [5, 5.41) is 0. The van der Waals surface area contributed by atoms with Crippen LogP contribution in [0.25, 0.3) is 0 Å². The van der Waals surface area contributed by atoms with Crippen LogP contribution in [0.2, 0.25) is 0 Å². The van der Waals surface area contributed by atoms with Gasteiger partial charge in [0.25, 0.3) is 0 Å². The summed E-state index contributed by atoms with van der Waals surface area (Å²) in [5.41, 5.74) is 0.758. The van der Waals surface area contributed by atoms with E-state index in [0.717, 1.165) is 12.0 Å². The van der Waals surface area contributed by atoms with Crippen LogP contribution in [-0.4, -0.2) is 6.61 Å². The van der Waals surface area contributed by atoms with Crippen molar-refractivity contribution in [3.63, 3.8) is 0 Å². The largest absolute Gasteiger partial charge is 0.493 e. The highest BCUT2D eigenvalue weighted by Crippen LogP contribution is 2.20. The fraction of sp³-hybridized carbons (Fsp3) is 0.600. The lowest BCUT2D eigenvalue weighted by Gasteiger charge is -2.16. The Balaban J connectivity index is 2.53. The smallest absolute Gasteiger partial charge is 0.127 e. The average Bonchev–Trinajstić information content (AvgIpc) is 2.38. The van der Waals surface area contributed by atoms with Crippen molar-refractivity contribution in [2.24, 2.45) is 5.92 Å². The van der Waals surface area contributed by atoms with Gasteiger partial charge in [-0.2, -0.15) is 0 Å². The van der Waals surface area contributed by atoms with Gasteiger partial charge in [0.2, 0.25) is 0 Å². The molecule has 3 heteroatoms. The topological polar surface area (TPSA) is 9.23 Å². The second-order valence-corrected chi connectivity index (χ2v) is 4.92. The fourth-order valence-corrected chi connectivity index (χ4v) is 2.05. The highest BCUT2D eigenvalue weighted by atomic mass is 35.5. The second kappa shape index (κ2) is 8.36. The lowest BCUT2D eigenvalue weighted by atomic mass is 10.0. The molecule has 0 heterocycles. The molecular weight excluding hydrogens is 251 g/mol. The Morgan fingerprint density at radius 1 is 1.28 bits per heavy atom. The van der Waals surface area contributed by atoms with Crippen LogP contribution in [0, 0.1) is 11.7 Å². The van der Waals surface area contributed by atoms with E-state index < -0.39 is 0 Å². The number of benzene rings is 1. The molecule has 102 valence electrons. The molecule has 0 aliphatic carbocycles. The van der Waals surface area contributed by atoms with Gasteiger partial charge in [0.1, 0.15) is 11.6 Å². The predicted octanol–water partition coefficient (Wildman–Crippen LogP) is 5.16. The molecule has 0 radical (unpaired) electrons. The van der Waals surface area contributed by atoms with Gasteiger partial charge < -0.3 is 4.74 Å². The molecule has 0 fully saturated rings. The van der Waals surface area contributed by atoms with Gasteiger partial charge in [-0.25, -0.2) is 4.39 Å². The molecule has 1 atom stereocenters. The molecule has 0 aliphatic heterocycles. The Labute approximate surface area is 114 Å². The molecule has 1 unspecified atom stereocenters. The molecule has 0 aromatic heterocycles. The van der Waals surface area contributed by atoms with E-state index in [-0.39, 0.29) is 5.82 Å². The molecule has 0 saturated heterocycles. The minimum atomic E-state index is -0.287. The van der Waals surface area contributed by atoms with Crippen molar-refractivity contribution >= 4 is 11.6 Å². The summed E-state index contributed by atoms with van der Waals surface area (Å²) >= 11 is 5.71. The first-order valence-corrected chi connectivity index (χ1v) is 7.21. The fourth-order valence-electron chi connectivity index (χ4n) is 1.89. The molecule has 18 heavy (non-hydrogen) atoms. The highest BCUT2D eigenvalue weighted by Gasteiger charge is 2.08. The number of unbranched alkanes of at least 4 members (excludes halogenated alkanes) is 1. The van der Waals surface area contributed by atoms with E-state index in [1.165, 1.54) is 31.4 Å². The van der Waals surface area contributed by atoms with Crippen molar-refractivity contribution in [1.82, 2.24) is 0 Å². The maximum Gasteiger partial charge on any atom is 0.127 e. The van der Waals surface area contributed by atoms with Crippen molar-refractivity contribution in [2.45, 2.75) is 45.4 Å². The molecule has 0 amide bonds. The van der Waals surface area contributed by atoms with Gasteiger partial charge in [0.15, 0.2) is 0 Å². The minimum absolute atomic E-state index is 0.287. The van der Waals surface area contributed by atoms with Crippen molar-refractivity contribution < 1.29 is 9.13 Å². The quantitative estimate of drug-likeness (QED) is 0.594. The molecule has 1 nitrogen and oxygen atoms in total. The lowest BCUT2D eigenvalue weighted by Crippen LogP contribution is -2.11. The molecule has 0 N–H and O–H groups in total. The van der Waals surface area contributed by atoms with Crippen molar-refractivity contribution in [3.8, 4) is 5.75 Å². The first-order valence-electron chi connectivity index (χ1n) is 6.67. The maximum absolute atomic E-state index is 13.3. The number of hydrogen-bond acceptors (Lipinski definition) is 1. The van der Waals surface area contributed by atoms with E-state index >= 15 is 0 Å². The third-order valence-corrected chi connectivity index (χ3v) is 3.42. The zero-order valence-electron chi connectivity index (χ0n) is 11.2. The minimum Gasteiger partial charge on any atom is -0.493 e. The van der Waals surface area contributed by atoms with Crippen LogP contribution in [0.15, 0.2) is 18.2 Å². The lowest BCUT2D eigenvalue weighted by molar-refractivity contribution is 0.232. The summed E-state index contributed by atoms with van der Waals surface area (Å²) in [7, 11) is 0. The summed E-state index contributed by atoms with van der Waals surface area (Å²) in [5.74, 6) is 1.15. The van der Waals surface area contributed by atoms with Gasteiger partial charge in [-0.15, -0.1) is 11.6 Å². The van der Waals surface area contributed by atoms with Crippen LogP contribution in [0.1, 0.15) is 45.1 Å². The maximum atomic E-state index is 13.3. The van der Waals surface area contributed by atoms with E-state index in [9.17, 15) is 4.39 Å². The number of hydrogen-bond donors (Lipinski definition) is 0. The SMILES string of the molecule is CCCCC(CC)COc1cc(F)cc(CCl)c1. The zero-order chi connectivity index (χ0) is 13.4. The van der Waals surface area contributed by atoms with Crippen LogP contribution < -0.4 is 4.74 Å². The molecule has 1 aromatic carbocycles. The Hall–Kier alpha value is -0.760.